The van der Waals surface area contributed by atoms with Crippen LogP contribution in [0.5, 0.6) is 11.5 Å². The molecule has 0 fully saturated rings. The van der Waals surface area contributed by atoms with Gasteiger partial charge in [0, 0.05) is 0 Å². The maximum Gasteiger partial charge on any atom is 0.161 e. The second-order valence-electron chi connectivity index (χ2n) is 5.28. The molecule has 0 aliphatic carbocycles. The van der Waals surface area contributed by atoms with Crippen molar-refractivity contribution >= 4 is 11.6 Å². The Bertz CT molecular complexity index is 406. The van der Waals surface area contributed by atoms with Crippen LogP contribution in [-0.2, 0) is 0 Å². The molecule has 2 nitrogen and oxygen atoms in total. The van der Waals surface area contributed by atoms with E-state index in [9.17, 15) is 0 Å². The van der Waals surface area contributed by atoms with Crippen molar-refractivity contribution in [2.75, 3.05) is 13.2 Å². The zero-order valence-electron chi connectivity index (χ0n) is 13.8. The Morgan fingerprint density at radius 2 is 1.67 bits per heavy atom. The number of benzene rings is 1. The van der Waals surface area contributed by atoms with Crippen molar-refractivity contribution < 1.29 is 9.47 Å². The molecule has 1 aromatic rings. The predicted molar refractivity (Wildman–Crippen MR) is 90.7 cm³/mol. The van der Waals surface area contributed by atoms with Crippen LogP contribution >= 0.6 is 11.6 Å². The average Bonchev–Trinajstić information content (AvgIpc) is 2.50. The highest BCUT2D eigenvalue weighted by molar-refractivity contribution is 6.21. The molecule has 0 bridgehead atoms. The summed E-state index contributed by atoms with van der Waals surface area (Å²) in [5.74, 6) is 2.11. The number of hydrogen-bond donors (Lipinski definition) is 0. The summed E-state index contributed by atoms with van der Waals surface area (Å²) in [5.41, 5.74) is 1.13. The molecule has 3 heteroatoms. The third-order valence-electron chi connectivity index (χ3n) is 3.75. The van der Waals surface area contributed by atoms with Gasteiger partial charge in [0.05, 0.1) is 18.6 Å². The van der Waals surface area contributed by atoms with E-state index >= 15 is 0 Å². The number of hydrogen-bond acceptors (Lipinski definition) is 2. The fourth-order valence-corrected chi connectivity index (χ4v) is 2.98. The van der Waals surface area contributed by atoms with Crippen LogP contribution in [-0.4, -0.2) is 13.2 Å². The van der Waals surface area contributed by atoms with E-state index in [1.165, 1.54) is 19.3 Å². The summed E-state index contributed by atoms with van der Waals surface area (Å²) in [4.78, 5) is 0. The molecule has 0 saturated carbocycles. The predicted octanol–water partition coefficient (Wildman–Crippen LogP) is 5.98. The molecule has 2 unspecified atom stereocenters. The van der Waals surface area contributed by atoms with Crippen molar-refractivity contribution in [3.05, 3.63) is 23.8 Å². The van der Waals surface area contributed by atoms with Gasteiger partial charge in [0.2, 0.25) is 0 Å². The van der Waals surface area contributed by atoms with Gasteiger partial charge in [0.25, 0.3) is 0 Å². The van der Waals surface area contributed by atoms with E-state index in [0.29, 0.717) is 19.1 Å². The highest BCUT2D eigenvalue weighted by Crippen LogP contribution is 2.38. The lowest BCUT2D eigenvalue weighted by molar-refractivity contribution is 0.287. The summed E-state index contributed by atoms with van der Waals surface area (Å²) in [5, 5.41) is 0.0384. The van der Waals surface area contributed by atoms with E-state index < -0.39 is 0 Å². The second-order valence-corrected chi connectivity index (χ2v) is 5.75. The smallest absolute Gasteiger partial charge is 0.161 e. The van der Waals surface area contributed by atoms with Crippen LogP contribution in [0.3, 0.4) is 0 Å². The number of ether oxygens (including phenoxy) is 2. The summed E-state index contributed by atoms with van der Waals surface area (Å²) in [7, 11) is 0. The zero-order chi connectivity index (χ0) is 15.7. The zero-order valence-corrected chi connectivity index (χ0v) is 14.6. The minimum absolute atomic E-state index is 0.0384. The first-order valence-electron chi connectivity index (χ1n) is 8.21. The Morgan fingerprint density at radius 1 is 1.00 bits per heavy atom. The maximum atomic E-state index is 6.71. The first-order chi connectivity index (χ1) is 10.2. The third kappa shape index (κ3) is 5.43. The lowest BCUT2D eigenvalue weighted by Crippen LogP contribution is -2.08. The molecule has 21 heavy (non-hydrogen) atoms. The molecule has 0 amide bonds. The number of alkyl halides is 1. The van der Waals surface area contributed by atoms with Gasteiger partial charge in [-0.25, -0.2) is 0 Å². The summed E-state index contributed by atoms with van der Waals surface area (Å²) in [6.07, 6.45) is 4.73. The summed E-state index contributed by atoms with van der Waals surface area (Å²) >= 11 is 6.71. The minimum atomic E-state index is 0.0384. The standard InChI is InChI=1S/C18H29ClO2/c1-5-9-10-14(6-2)18(19)15-11-12-16(20-7-3)17(13-15)21-8-4/h11-14,18H,5-10H2,1-4H3. The maximum absolute atomic E-state index is 6.71. The van der Waals surface area contributed by atoms with Gasteiger partial charge in [-0.15, -0.1) is 11.6 Å². The summed E-state index contributed by atoms with van der Waals surface area (Å²) in [6, 6.07) is 6.09. The fraction of sp³-hybridized carbons (Fsp3) is 0.667. The average molecular weight is 313 g/mol. The van der Waals surface area contributed by atoms with Crippen molar-refractivity contribution in [3.8, 4) is 11.5 Å². The Kier molecular flexibility index (Phi) is 8.60. The lowest BCUT2D eigenvalue weighted by atomic mass is 9.91. The Balaban J connectivity index is 2.92. The minimum Gasteiger partial charge on any atom is -0.490 e. The van der Waals surface area contributed by atoms with Crippen LogP contribution in [0.15, 0.2) is 18.2 Å². The van der Waals surface area contributed by atoms with Gasteiger partial charge >= 0.3 is 0 Å². The normalized spacial score (nSPS) is 13.8. The van der Waals surface area contributed by atoms with Gasteiger partial charge in [-0.3, -0.25) is 0 Å². The fourth-order valence-electron chi connectivity index (χ4n) is 2.54. The molecule has 0 radical (unpaired) electrons. The first-order valence-corrected chi connectivity index (χ1v) is 8.65. The van der Waals surface area contributed by atoms with E-state index in [-0.39, 0.29) is 5.38 Å². The van der Waals surface area contributed by atoms with Gasteiger partial charge in [0.15, 0.2) is 11.5 Å². The van der Waals surface area contributed by atoms with Gasteiger partial charge < -0.3 is 9.47 Å². The Morgan fingerprint density at radius 3 is 2.24 bits per heavy atom. The molecule has 0 heterocycles. The highest BCUT2D eigenvalue weighted by atomic mass is 35.5. The molecule has 0 spiro atoms. The van der Waals surface area contributed by atoms with Crippen molar-refractivity contribution in [1.82, 2.24) is 0 Å². The van der Waals surface area contributed by atoms with E-state index in [1.54, 1.807) is 0 Å². The topological polar surface area (TPSA) is 18.5 Å². The Hall–Kier alpha value is -0.890. The van der Waals surface area contributed by atoms with Crippen LogP contribution < -0.4 is 9.47 Å². The highest BCUT2D eigenvalue weighted by Gasteiger charge is 2.20. The molecule has 0 saturated heterocycles. The van der Waals surface area contributed by atoms with E-state index in [1.807, 2.05) is 26.0 Å². The molecule has 0 aliphatic rings. The van der Waals surface area contributed by atoms with Crippen molar-refractivity contribution in [1.29, 1.82) is 0 Å². The van der Waals surface area contributed by atoms with Crippen LogP contribution in [0.2, 0.25) is 0 Å². The lowest BCUT2D eigenvalue weighted by Gasteiger charge is -2.22. The number of halogens is 1. The van der Waals surface area contributed by atoms with Crippen LogP contribution in [0, 0.1) is 5.92 Å². The molecule has 1 rings (SSSR count). The molecule has 2 atom stereocenters. The third-order valence-corrected chi connectivity index (χ3v) is 4.36. The number of unbranched alkanes of at least 4 members (excludes halogenated alkanes) is 1. The first kappa shape index (κ1) is 18.2. The van der Waals surface area contributed by atoms with E-state index in [4.69, 9.17) is 21.1 Å². The second kappa shape index (κ2) is 9.94. The quantitative estimate of drug-likeness (QED) is 0.495. The number of rotatable bonds is 10. The van der Waals surface area contributed by atoms with Gasteiger partial charge in [0.1, 0.15) is 0 Å². The van der Waals surface area contributed by atoms with Crippen molar-refractivity contribution in [2.24, 2.45) is 5.92 Å². The van der Waals surface area contributed by atoms with Gasteiger partial charge in [-0.1, -0.05) is 39.2 Å². The largest absolute Gasteiger partial charge is 0.490 e. The SMILES string of the molecule is CCCCC(CC)C(Cl)c1ccc(OCC)c(OCC)c1. The van der Waals surface area contributed by atoms with Gasteiger partial charge in [-0.05, 0) is 43.9 Å². The van der Waals surface area contributed by atoms with Crippen molar-refractivity contribution in [3.63, 3.8) is 0 Å². The summed E-state index contributed by atoms with van der Waals surface area (Å²) in [6.45, 7) is 9.66. The van der Waals surface area contributed by atoms with Crippen LogP contribution in [0.1, 0.15) is 64.3 Å². The molecule has 0 aromatic heterocycles. The molecular formula is C18H29ClO2. The molecule has 1 aromatic carbocycles. The van der Waals surface area contributed by atoms with Gasteiger partial charge in [-0.2, -0.15) is 0 Å². The van der Waals surface area contributed by atoms with Crippen LogP contribution in [0.4, 0.5) is 0 Å². The molecular weight excluding hydrogens is 284 g/mol. The molecule has 120 valence electrons. The monoisotopic (exact) mass is 312 g/mol. The van der Waals surface area contributed by atoms with E-state index in [2.05, 4.69) is 19.9 Å². The molecule has 0 aliphatic heterocycles. The Labute approximate surface area is 134 Å². The van der Waals surface area contributed by atoms with E-state index in [0.717, 1.165) is 23.5 Å². The van der Waals surface area contributed by atoms with Crippen molar-refractivity contribution in [2.45, 2.75) is 58.8 Å². The van der Waals surface area contributed by atoms with Crippen LogP contribution in [0.25, 0.3) is 0 Å². The summed E-state index contributed by atoms with van der Waals surface area (Å²) < 4.78 is 11.3. The molecule has 0 N–H and O–H groups in total.